The molecule has 0 aliphatic heterocycles. The van der Waals surface area contributed by atoms with Crippen LogP contribution in [-0.4, -0.2) is 22.1 Å². The van der Waals surface area contributed by atoms with Crippen LogP contribution in [-0.2, 0) is 9.63 Å². The van der Waals surface area contributed by atoms with Crippen LogP contribution in [0.15, 0.2) is 42.5 Å². The highest BCUT2D eigenvalue weighted by Crippen LogP contribution is 2.27. The highest BCUT2D eigenvalue weighted by atomic mass is 19.1. The number of H-pyrrole nitrogens is 1. The highest BCUT2D eigenvalue weighted by Gasteiger charge is 2.13. The zero-order valence-corrected chi connectivity index (χ0v) is 12.8. The summed E-state index contributed by atoms with van der Waals surface area (Å²) in [4.78, 5) is 27.8. The Bertz CT molecular complexity index is 903. The number of benzene rings is 2. The molecule has 0 saturated carbocycles. The number of carbonyl (C=O) groups is 2. The standard InChI is InChI=1S/C17H14FN3O3/c1-2-15(22)24-21-17(23)11-5-8-14-13(9-11)16(20-19-14)10-3-6-12(18)7-4-10/h3-9H,2H2,1H3,(H,19,20)(H,21,23). The van der Waals surface area contributed by atoms with Crippen LogP contribution >= 0.6 is 0 Å². The molecule has 3 rings (SSSR count). The fourth-order valence-electron chi connectivity index (χ4n) is 2.22. The fourth-order valence-corrected chi connectivity index (χ4v) is 2.22. The number of hydrogen-bond donors (Lipinski definition) is 2. The van der Waals surface area contributed by atoms with Gasteiger partial charge in [-0.05, 0) is 42.5 Å². The van der Waals surface area contributed by atoms with Crippen LogP contribution in [0.2, 0.25) is 0 Å². The van der Waals surface area contributed by atoms with Crippen LogP contribution in [0.1, 0.15) is 23.7 Å². The summed E-state index contributed by atoms with van der Waals surface area (Å²) in [5, 5.41) is 7.79. The van der Waals surface area contributed by atoms with Crippen LogP contribution in [0.3, 0.4) is 0 Å². The van der Waals surface area contributed by atoms with Crippen molar-refractivity contribution in [2.24, 2.45) is 0 Å². The van der Waals surface area contributed by atoms with E-state index in [0.717, 1.165) is 11.1 Å². The van der Waals surface area contributed by atoms with E-state index in [-0.39, 0.29) is 12.2 Å². The molecule has 0 saturated heterocycles. The number of rotatable bonds is 3. The lowest BCUT2D eigenvalue weighted by molar-refractivity contribution is -0.148. The molecule has 0 atom stereocenters. The van der Waals surface area contributed by atoms with Crippen LogP contribution in [0.4, 0.5) is 4.39 Å². The number of nitrogens with zero attached hydrogens (tertiary/aromatic N) is 1. The van der Waals surface area contributed by atoms with Gasteiger partial charge in [0.1, 0.15) is 5.82 Å². The summed E-state index contributed by atoms with van der Waals surface area (Å²) < 4.78 is 13.1. The highest BCUT2D eigenvalue weighted by molar-refractivity contribution is 6.01. The van der Waals surface area contributed by atoms with Gasteiger partial charge in [0.15, 0.2) is 0 Å². The van der Waals surface area contributed by atoms with Crippen LogP contribution in [0, 0.1) is 5.82 Å². The first kappa shape index (κ1) is 15.7. The number of fused-ring (bicyclic) bond motifs is 1. The molecule has 1 heterocycles. The Morgan fingerprint density at radius 2 is 1.96 bits per heavy atom. The number of hydroxylamine groups is 1. The van der Waals surface area contributed by atoms with Gasteiger partial charge < -0.3 is 4.84 Å². The van der Waals surface area contributed by atoms with Crippen molar-refractivity contribution in [3.63, 3.8) is 0 Å². The lowest BCUT2D eigenvalue weighted by atomic mass is 10.1. The average molecular weight is 327 g/mol. The van der Waals surface area contributed by atoms with Crippen LogP contribution in [0.25, 0.3) is 22.2 Å². The second kappa shape index (κ2) is 6.49. The van der Waals surface area contributed by atoms with Crippen molar-refractivity contribution >= 4 is 22.8 Å². The van der Waals surface area contributed by atoms with Gasteiger partial charge in [-0.25, -0.2) is 9.18 Å². The minimum Gasteiger partial charge on any atom is -0.341 e. The molecule has 0 radical (unpaired) electrons. The molecule has 0 aliphatic carbocycles. The molecule has 2 N–H and O–H groups in total. The van der Waals surface area contributed by atoms with E-state index >= 15 is 0 Å². The molecule has 6 nitrogen and oxygen atoms in total. The topological polar surface area (TPSA) is 84.1 Å². The van der Waals surface area contributed by atoms with Crippen molar-refractivity contribution in [2.75, 3.05) is 0 Å². The Balaban J connectivity index is 1.92. The summed E-state index contributed by atoms with van der Waals surface area (Å²) in [6.07, 6.45) is 0.162. The van der Waals surface area contributed by atoms with Gasteiger partial charge in [0.25, 0.3) is 5.91 Å². The summed E-state index contributed by atoms with van der Waals surface area (Å²) in [5.74, 6) is -1.40. The number of halogens is 1. The van der Waals surface area contributed by atoms with Gasteiger partial charge in [-0.3, -0.25) is 9.89 Å². The zero-order valence-electron chi connectivity index (χ0n) is 12.8. The van der Waals surface area contributed by atoms with Crippen molar-refractivity contribution in [3.05, 3.63) is 53.8 Å². The molecule has 0 spiro atoms. The molecular formula is C17H14FN3O3. The molecule has 24 heavy (non-hydrogen) atoms. The lowest BCUT2D eigenvalue weighted by Gasteiger charge is -2.05. The normalized spacial score (nSPS) is 10.6. The molecule has 0 aliphatic rings. The Hall–Kier alpha value is -3.22. The van der Waals surface area contributed by atoms with E-state index in [1.807, 2.05) is 0 Å². The SMILES string of the molecule is CCC(=O)ONC(=O)c1ccc2[nH]nc(-c3ccc(F)cc3)c2c1. The smallest absolute Gasteiger partial charge is 0.331 e. The van der Waals surface area contributed by atoms with Crippen molar-refractivity contribution in [1.82, 2.24) is 15.7 Å². The third-order valence-electron chi connectivity index (χ3n) is 3.49. The number of aromatic amines is 1. The Morgan fingerprint density at radius 3 is 2.67 bits per heavy atom. The summed E-state index contributed by atoms with van der Waals surface area (Å²) in [7, 11) is 0. The number of amides is 1. The lowest BCUT2D eigenvalue weighted by Crippen LogP contribution is -2.26. The summed E-state index contributed by atoms with van der Waals surface area (Å²) in [5.41, 5.74) is 4.48. The third-order valence-corrected chi connectivity index (χ3v) is 3.49. The molecule has 0 unspecified atom stereocenters. The molecule has 2 aromatic carbocycles. The van der Waals surface area contributed by atoms with Gasteiger partial charge in [0, 0.05) is 22.9 Å². The van der Waals surface area contributed by atoms with E-state index in [0.29, 0.717) is 16.6 Å². The molecule has 7 heteroatoms. The third kappa shape index (κ3) is 3.10. The van der Waals surface area contributed by atoms with Crippen LogP contribution < -0.4 is 5.48 Å². The number of aromatic nitrogens is 2. The Kier molecular flexibility index (Phi) is 4.24. The van der Waals surface area contributed by atoms with Crippen LogP contribution in [0.5, 0.6) is 0 Å². The summed E-state index contributed by atoms with van der Waals surface area (Å²) >= 11 is 0. The van der Waals surface area contributed by atoms with E-state index < -0.39 is 11.9 Å². The van der Waals surface area contributed by atoms with Gasteiger partial charge in [-0.15, -0.1) is 0 Å². The molecule has 122 valence electrons. The van der Waals surface area contributed by atoms with Crippen molar-refractivity contribution in [2.45, 2.75) is 13.3 Å². The van der Waals surface area contributed by atoms with E-state index in [1.165, 1.54) is 12.1 Å². The number of carbonyl (C=O) groups excluding carboxylic acids is 2. The second-order valence-electron chi connectivity index (χ2n) is 5.10. The zero-order chi connectivity index (χ0) is 17.1. The minimum atomic E-state index is -0.537. The predicted octanol–water partition coefficient (Wildman–Crippen LogP) is 2.97. The van der Waals surface area contributed by atoms with Gasteiger partial charge in [-0.1, -0.05) is 6.92 Å². The maximum absolute atomic E-state index is 13.1. The molecule has 1 amide bonds. The van der Waals surface area contributed by atoms with Gasteiger partial charge >= 0.3 is 5.97 Å². The second-order valence-corrected chi connectivity index (χ2v) is 5.10. The van der Waals surface area contributed by atoms with Gasteiger partial charge in [0.2, 0.25) is 0 Å². The Labute approximate surface area is 136 Å². The number of nitrogens with one attached hydrogen (secondary N) is 2. The largest absolute Gasteiger partial charge is 0.341 e. The first-order valence-corrected chi connectivity index (χ1v) is 7.32. The van der Waals surface area contributed by atoms with E-state index in [2.05, 4.69) is 20.5 Å². The molecule has 1 aromatic heterocycles. The molecule has 0 bridgehead atoms. The minimum absolute atomic E-state index is 0.162. The van der Waals surface area contributed by atoms with Gasteiger partial charge in [-0.2, -0.15) is 10.6 Å². The fraction of sp³-hybridized carbons (Fsp3) is 0.118. The molecule has 0 fully saturated rings. The van der Waals surface area contributed by atoms with Crippen molar-refractivity contribution in [1.29, 1.82) is 0 Å². The van der Waals surface area contributed by atoms with E-state index in [4.69, 9.17) is 0 Å². The monoisotopic (exact) mass is 327 g/mol. The van der Waals surface area contributed by atoms with E-state index in [1.54, 1.807) is 37.3 Å². The van der Waals surface area contributed by atoms with E-state index in [9.17, 15) is 14.0 Å². The first-order chi connectivity index (χ1) is 11.6. The maximum atomic E-state index is 13.1. The number of hydrogen-bond acceptors (Lipinski definition) is 4. The predicted molar refractivity (Wildman–Crippen MR) is 85.3 cm³/mol. The van der Waals surface area contributed by atoms with Crippen molar-refractivity contribution in [3.8, 4) is 11.3 Å². The Morgan fingerprint density at radius 1 is 1.21 bits per heavy atom. The van der Waals surface area contributed by atoms with Crippen molar-refractivity contribution < 1.29 is 18.8 Å². The van der Waals surface area contributed by atoms with Gasteiger partial charge in [0.05, 0.1) is 11.2 Å². The summed E-state index contributed by atoms with van der Waals surface area (Å²) in [6.45, 7) is 1.63. The first-order valence-electron chi connectivity index (χ1n) is 7.32. The summed E-state index contributed by atoms with van der Waals surface area (Å²) in [6, 6.07) is 10.8. The average Bonchev–Trinajstić information content (AvgIpc) is 3.03. The molecular weight excluding hydrogens is 313 g/mol. The maximum Gasteiger partial charge on any atom is 0.331 e. The molecule has 3 aromatic rings. The quantitative estimate of drug-likeness (QED) is 0.724.